The number of hydrogen-bond donors (Lipinski definition) is 0. The maximum atomic E-state index is 12.2. The van der Waals surface area contributed by atoms with Crippen LogP contribution < -0.4 is 0 Å². The van der Waals surface area contributed by atoms with Gasteiger partial charge in [0.05, 0.1) is 6.10 Å². The van der Waals surface area contributed by atoms with Gasteiger partial charge in [-0.05, 0) is 32.4 Å². The fourth-order valence-corrected chi connectivity index (χ4v) is 2.24. The van der Waals surface area contributed by atoms with Crippen molar-refractivity contribution in [1.29, 1.82) is 0 Å². The van der Waals surface area contributed by atoms with Gasteiger partial charge in [-0.25, -0.2) is 0 Å². The molecule has 1 aromatic heterocycles. The Morgan fingerprint density at radius 1 is 1.25 bits per heavy atom. The number of benzene rings is 1. The number of carbonyl (C=O) groups excluding carboxylic acids is 1. The maximum Gasteiger partial charge on any atom is 0.190 e. The van der Waals surface area contributed by atoms with Crippen LogP contribution in [0.2, 0.25) is 0 Å². The predicted octanol–water partition coefficient (Wildman–Crippen LogP) is 3.60. The molecule has 0 saturated heterocycles. The van der Waals surface area contributed by atoms with E-state index in [0.717, 1.165) is 22.5 Å². The lowest BCUT2D eigenvalue weighted by molar-refractivity contribution is 0.0520. The predicted molar refractivity (Wildman–Crippen MR) is 80.0 cm³/mol. The van der Waals surface area contributed by atoms with E-state index in [2.05, 4.69) is 0 Å². The minimum Gasteiger partial charge on any atom is -0.366 e. The van der Waals surface area contributed by atoms with Crippen LogP contribution in [0.25, 0.3) is 0 Å². The van der Waals surface area contributed by atoms with Crippen LogP contribution >= 0.6 is 0 Å². The fraction of sp³-hybridized carbons (Fsp3) is 0.353. The summed E-state index contributed by atoms with van der Waals surface area (Å²) in [5, 5.41) is 0. The topological polar surface area (TPSA) is 31.2 Å². The minimum absolute atomic E-state index is 0.0361. The molecule has 1 atom stereocenters. The van der Waals surface area contributed by atoms with Gasteiger partial charge >= 0.3 is 0 Å². The molecule has 2 aromatic rings. The van der Waals surface area contributed by atoms with Gasteiger partial charge in [0.2, 0.25) is 0 Å². The highest BCUT2D eigenvalue weighted by Gasteiger charge is 2.15. The number of aryl methyl sites for hydroxylation is 1. The van der Waals surface area contributed by atoms with E-state index < -0.39 is 0 Å². The zero-order valence-electron chi connectivity index (χ0n) is 12.5. The lowest BCUT2D eigenvalue weighted by Crippen LogP contribution is -2.12. The smallest absolute Gasteiger partial charge is 0.190 e. The van der Waals surface area contributed by atoms with E-state index in [1.165, 1.54) is 0 Å². The molecule has 0 radical (unpaired) electrons. The summed E-state index contributed by atoms with van der Waals surface area (Å²) < 4.78 is 7.71. The molecule has 0 amide bonds. The van der Waals surface area contributed by atoms with Crippen molar-refractivity contribution in [3.05, 3.63) is 58.9 Å². The number of rotatable bonds is 5. The molecule has 0 saturated carbocycles. The quantitative estimate of drug-likeness (QED) is 0.778. The summed E-state index contributed by atoms with van der Waals surface area (Å²) in [5.41, 5.74) is 3.91. The van der Waals surface area contributed by atoms with E-state index in [1.807, 2.05) is 68.8 Å². The largest absolute Gasteiger partial charge is 0.366 e. The molecule has 1 aromatic carbocycles. The summed E-state index contributed by atoms with van der Waals surface area (Å²) in [6.07, 6.45) is -0.0785. The first-order chi connectivity index (χ1) is 9.50. The van der Waals surface area contributed by atoms with Crippen LogP contribution in [0.15, 0.2) is 36.4 Å². The molecule has 106 valence electrons. The van der Waals surface area contributed by atoms with Crippen LogP contribution in [0.3, 0.4) is 0 Å². The van der Waals surface area contributed by atoms with Gasteiger partial charge in [-0.15, -0.1) is 0 Å². The van der Waals surface area contributed by atoms with Crippen molar-refractivity contribution in [3.8, 4) is 0 Å². The molecular weight excluding hydrogens is 250 g/mol. The van der Waals surface area contributed by atoms with Crippen LogP contribution in [-0.4, -0.2) is 17.0 Å². The maximum absolute atomic E-state index is 12.2. The Labute approximate surface area is 120 Å². The molecular formula is C17H21NO2. The van der Waals surface area contributed by atoms with E-state index in [-0.39, 0.29) is 18.5 Å². The molecule has 0 spiro atoms. The van der Waals surface area contributed by atoms with Gasteiger partial charge < -0.3 is 9.30 Å². The van der Waals surface area contributed by atoms with Gasteiger partial charge in [0.1, 0.15) is 6.61 Å². The third-order valence-electron chi connectivity index (χ3n) is 3.81. The second kappa shape index (κ2) is 6.06. The average Bonchev–Trinajstić information content (AvgIpc) is 2.73. The molecule has 1 heterocycles. The molecule has 0 bridgehead atoms. The molecule has 0 fully saturated rings. The Bertz CT molecular complexity index is 599. The van der Waals surface area contributed by atoms with E-state index >= 15 is 0 Å². The summed E-state index contributed by atoms with van der Waals surface area (Å²) in [5.74, 6) is 0.0361. The van der Waals surface area contributed by atoms with Crippen molar-refractivity contribution in [2.75, 3.05) is 6.61 Å². The minimum atomic E-state index is -0.0785. The van der Waals surface area contributed by atoms with Gasteiger partial charge in [-0.2, -0.15) is 0 Å². The third-order valence-corrected chi connectivity index (χ3v) is 3.81. The number of ketones is 1. The highest BCUT2D eigenvalue weighted by molar-refractivity contribution is 5.98. The van der Waals surface area contributed by atoms with Gasteiger partial charge in [-0.1, -0.05) is 30.3 Å². The Morgan fingerprint density at radius 3 is 2.45 bits per heavy atom. The molecule has 2 rings (SSSR count). The molecule has 3 heteroatoms. The summed E-state index contributed by atoms with van der Waals surface area (Å²) in [4.78, 5) is 12.2. The molecule has 3 nitrogen and oxygen atoms in total. The van der Waals surface area contributed by atoms with Crippen LogP contribution in [-0.2, 0) is 11.8 Å². The van der Waals surface area contributed by atoms with Gasteiger partial charge in [0.25, 0.3) is 0 Å². The van der Waals surface area contributed by atoms with Crippen molar-refractivity contribution >= 4 is 5.78 Å². The molecule has 0 aliphatic rings. The Hall–Kier alpha value is -1.87. The Kier molecular flexibility index (Phi) is 4.40. The van der Waals surface area contributed by atoms with Gasteiger partial charge in [0, 0.05) is 24.0 Å². The SMILES string of the molecule is Cc1cc(C(=O)COC(C)c2ccccc2)c(C)n1C. The first-order valence-electron chi connectivity index (χ1n) is 6.83. The molecule has 20 heavy (non-hydrogen) atoms. The zero-order valence-corrected chi connectivity index (χ0v) is 12.5. The third kappa shape index (κ3) is 2.99. The second-order valence-electron chi connectivity index (χ2n) is 5.13. The number of ether oxygens (including phenoxy) is 1. The van der Waals surface area contributed by atoms with Crippen molar-refractivity contribution in [3.63, 3.8) is 0 Å². The van der Waals surface area contributed by atoms with Crippen LogP contribution in [0, 0.1) is 13.8 Å². The summed E-state index contributed by atoms with van der Waals surface area (Å²) in [6.45, 7) is 6.03. The van der Waals surface area contributed by atoms with E-state index in [9.17, 15) is 4.79 Å². The van der Waals surface area contributed by atoms with Gasteiger partial charge in [0.15, 0.2) is 5.78 Å². The Morgan fingerprint density at radius 2 is 1.90 bits per heavy atom. The van der Waals surface area contributed by atoms with Crippen molar-refractivity contribution < 1.29 is 9.53 Å². The summed E-state index contributed by atoms with van der Waals surface area (Å²) >= 11 is 0. The number of aromatic nitrogens is 1. The standard InChI is InChI=1S/C17H21NO2/c1-12-10-16(13(2)18(12)4)17(19)11-20-14(3)15-8-6-5-7-9-15/h5-10,14H,11H2,1-4H3. The van der Waals surface area contributed by atoms with E-state index in [0.29, 0.717) is 0 Å². The van der Waals surface area contributed by atoms with E-state index in [4.69, 9.17) is 4.74 Å². The number of carbonyl (C=O) groups is 1. The lowest BCUT2D eigenvalue weighted by atomic mass is 10.1. The molecule has 0 aliphatic heterocycles. The number of hydrogen-bond acceptors (Lipinski definition) is 2. The van der Waals surface area contributed by atoms with Gasteiger partial charge in [-0.3, -0.25) is 4.79 Å². The Balaban J connectivity index is 2.00. The molecule has 0 aliphatic carbocycles. The van der Waals surface area contributed by atoms with Crippen molar-refractivity contribution in [2.24, 2.45) is 7.05 Å². The summed E-state index contributed by atoms with van der Waals surface area (Å²) in [7, 11) is 1.97. The summed E-state index contributed by atoms with van der Waals surface area (Å²) in [6, 6.07) is 11.9. The number of nitrogens with zero attached hydrogens (tertiary/aromatic N) is 1. The molecule has 0 N–H and O–H groups in total. The molecule has 1 unspecified atom stereocenters. The zero-order chi connectivity index (χ0) is 14.7. The normalized spacial score (nSPS) is 12.4. The highest BCUT2D eigenvalue weighted by Crippen LogP contribution is 2.18. The van der Waals surface area contributed by atoms with Crippen molar-refractivity contribution in [2.45, 2.75) is 26.9 Å². The van der Waals surface area contributed by atoms with Crippen molar-refractivity contribution in [1.82, 2.24) is 4.57 Å². The second-order valence-corrected chi connectivity index (χ2v) is 5.13. The van der Waals surface area contributed by atoms with E-state index in [1.54, 1.807) is 0 Å². The van der Waals surface area contributed by atoms with Crippen LogP contribution in [0.4, 0.5) is 0 Å². The fourth-order valence-electron chi connectivity index (χ4n) is 2.24. The lowest BCUT2D eigenvalue weighted by Gasteiger charge is -2.12. The highest BCUT2D eigenvalue weighted by atomic mass is 16.5. The first-order valence-corrected chi connectivity index (χ1v) is 6.83. The number of Topliss-reactive ketones (excluding diaryl/α,β-unsaturated/α-hetero) is 1. The monoisotopic (exact) mass is 271 g/mol. The van der Waals surface area contributed by atoms with Crippen LogP contribution in [0.1, 0.15) is 40.3 Å². The first kappa shape index (κ1) is 14.5. The average molecular weight is 271 g/mol. The van der Waals surface area contributed by atoms with Crippen LogP contribution in [0.5, 0.6) is 0 Å².